The van der Waals surface area contributed by atoms with E-state index >= 15 is 0 Å². The first-order valence-electron chi connectivity index (χ1n) is 8.91. The predicted molar refractivity (Wildman–Crippen MR) is 107 cm³/mol. The van der Waals surface area contributed by atoms with Crippen LogP contribution in [-0.4, -0.2) is 10.1 Å². The Morgan fingerprint density at radius 1 is 0.964 bits per heavy atom. The highest BCUT2D eigenvalue weighted by atomic mass is 19.1. The van der Waals surface area contributed by atoms with Crippen LogP contribution in [0.15, 0.2) is 77.4 Å². The summed E-state index contributed by atoms with van der Waals surface area (Å²) in [4.78, 5) is 4.07. The van der Waals surface area contributed by atoms with Gasteiger partial charge in [-0.05, 0) is 41.5 Å². The van der Waals surface area contributed by atoms with Crippen LogP contribution in [0.4, 0.5) is 15.9 Å². The molecule has 3 N–H and O–H groups in total. The molecule has 0 amide bonds. The maximum Gasteiger partial charge on any atom is 0.170 e. The van der Waals surface area contributed by atoms with E-state index in [2.05, 4.69) is 27.6 Å². The van der Waals surface area contributed by atoms with Crippen LogP contribution in [0.3, 0.4) is 0 Å². The molecule has 6 heteroatoms. The number of nitrogens with zero attached hydrogens (tertiary/aromatic N) is 2. The Morgan fingerprint density at radius 2 is 1.79 bits per heavy atom. The van der Waals surface area contributed by atoms with Gasteiger partial charge in [0, 0.05) is 30.9 Å². The molecule has 140 valence electrons. The zero-order chi connectivity index (χ0) is 19.3. The van der Waals surface area contributed by atoms with Gasteiger partial charge in [0.05, 0.1) is 11.3 Å². The highest BCUT2D eigenvalue weighted by molar-refractivity contribution is 5.69. The van der Waals surface area contributed by atoms with Crippen molar-refractivity contribution in [3.63, 3.8) is 0 Å². The summed E-state index contributed by atoms with van der Waals surface area (Å²) in [6, 6.07) is 20.2. The van der Waals surface area contributed by atoms with Crippen LogP contribution in [0.2, 0.25) is 0 Å². The molecule has 0 aliphatic heterocycles. The van der Waals surface area contributed by atoms with Gasteiger partial charge < -0.3 is 15.6 Å². The fourth-order valence-corrected chi connectivity index (χ4v) is 2.93. The number of aromatic nitrogens is 2. The molecular weight excluding hydrogens is 355 g/mol. The Morgan fingerprint density at radius 3 is 2.57 bits per heavy atom. The summed E-state index contributed by atoms with van der Waals surface area (Å²) in [6.45, 7) is 0.623. The number of nitrogens with one attached hydrogen (secondary N) is 1. The molecule has 0 radical (unpaired) electrons. The van der Waals surface area contributed by atoms with Gasteiger partial charge in [-0.1, -0.05) is 35.5 Å². The minimum atomic E-state index is -0.250. The number of rotatable bonds is 6. The lowest BCUT2D eigenvalue weighted by atomic mass is 10.1. The lowest BCUT2D eigenvalue weighted by molar-refractivity contribution is 0.425. The van der Waals surface area contributed by atoms with Crippen LogP contribution >= 0.6 is 0 Å². The molecule has 5 nitrogen and oxygen atoms in total. The molecule has 2 aromatic heterocycles. The highest BCUT2D eigenvalue weighted by Crippen LogP contribution is 2.25. The summed E-state index contributed by atoms with van der Waals surface area (Å²) >= 11 is 0. The maximum atomic E-state index is 13.2. The number of pyridine rings is 1. The second-order valence-electron chi connectivity index (χ2n) is 6.48. The lowest BCUT2D eigenvalue weighted by Crippen LogP contribution is -2.00. The van der Waals surface area contributed by atoms with E-state index < -0.39 is 0 Å². The zero-order valence-corrected chi connectivity index (χ0v) is 15.1. The number of nitrogens with two attached hydrogens (primary N) is 1. The molecule has 0 aliphatic rings. The fraction of sp³-hybridized carbons (Fsp3) is 0.0909. The average molecular weight is 374 g/mol. The monoisotopic (exact) mass is 374 g/mol. The largest absolute Gasteiger partial charge is 0.383 e. The average Bonchev–Trinajstić information content (AvgIpc) is 3.16. The predicted octanol–water partition coefficient (Wildman–Crippen LogP) is 4.66. The van der Waals surface area contributed by atoms with E-state index in [9.17, 15) is 4.39 Å². The Hall–Kier alpha value is -3.67. The third-order valence-corrected chi connectivity index (χ3v) is 4.39. The van der Waals surface area contributed by atoms with E-state index in [-0.39, 0.29) is 5.82 Å². The fourth-order valence-electron chi connectivity index (χ4n) is 2.93. The molecule has 0 saturated carbocycles. The van der Waals surface area contributed by atoms with E-state index in [1.54, 1.807) is 12.3 Å². The van der Waals surface area contributed by atoms with Crippen LogP contribution < -0.4 is 11.1 Å². The minimum Gasteiger partial charge on any atom is -0.383 e. The molecule has 2 aromatic carbocycles. The van der Waals surface area contributed by atoms with E-state index in [0.29, 0.717) is 24.5 Å². The zero-order valence-electron chi connectivity index (χ0n) is 15.1. The first kappa shape index (κ1) is 17.7. The molecule has 0 atom stereocenters. The van der Waals surface area contributed by atoms with Crippen molar-refractivity contribution in [2.75, 3.05) is 11.1 Å². The second-order valence-corrected chi connectivity index (χ2v) is 6.48. The van der Waals surface area contributed by atoms with Gasteiger partial charge in [0.1, 0.15) is 11.6 Å². The number of anilines is 2. The molecule has 0 aliphatic carbocycles. The van der Waals surface area contributed by atoms with Gasteiger partial charge in [0.25, 0.3) is 0 Å². The third-order valence-electron chi connectivity index (χ3n) is 4.39. The van der Waals surface area contributed by atoms with Gasteiger partial charge in [-0.25, -0.2) is 9.37 Å². The molecule has 0 spiro atoms. The van der Waals surface area contributed by atoms with Gasteiger partial charge in [-0.2, -0.15) is 0 Å². The molecule has 28 heavy (non-hydrogen) atoms. The minimum absolute atomic E-state index is 0.250. The number of hydrogen-bond acceptors (Lipinski definition) is 5. The quantitative estimate of drug-likeness (QED) is 0.513. The molecule has 4 aromatic rings. The smallest absolute Gasteiger partial charge is 0.170 e. The van der Waals surface area contributed by atoms with E-state index in [4.69, 9.17) is 10.3 Å². The van der Waals surface area contributed by atoms with Crippen molar-refractivity contribution in [2.24, 2.45) is 0 Å². The SMILES string of the molecule is Nc1ncccc1-c1cc(Cc2ccc(CNc3cccc(F)c3)cc2)no1. The van der Waals surface area contributed by atoms with Crippen molar-refractivity contribution in [1.29, 1.82) is 0 Å². The molecule has 0 saturated heterocycles. The van der Waals surface area contributed by atoms with Crippen LogP contribution in [0, 0.1) is 5.82 Å². The van der Waals surface area contributed by atoms with Crippen molar-refractivity contribution >= 4 is 11.5 Å². The first-order valence-corrected chi connectivity index (χ1v) is 8.91. The van der Waals surface area contributed by atoms with Crippen molar-refractivity contribution < 1.29 is 8.91 Å². The van der Waals surface area contributed by atoms with Gasteiger partial charge in [-0.15, -0.1) is 0 Å². The number of halogens is 1. The summed E-state index contributed by atoms with van der Waals surface area (Å²) < 4.78 is 18.6. The Balaban J connectivity index is 1.39. The molecule has 0 fully saturated rings. The third kappa shape index (κ3) is 4.17. The van der Waals surface area contributed by atoms with Gasteiger partial charge >= 0.3 is 0 Å². The van der Waals surface area contributed by atoms with E-state index in [1.165, 1.54) is 12.1 Å². The summed E-state index contributed by atoms with van der Waals surface area (Å²) in [6.07, 6.45) is 2.29. The second kappa shape index (κ2) is 7.92. The van der Waals surface area contributed by atoms with Crippen LogP contribution in [0.25, 0.3) is 11.3 Å². The number of nitrogen functional groups attached to an aromatic ring is 1. The van der Waals surface area contributed by atoms with Crippen molar-refractivity contribution in [1.82, 2.24) is 10.1 Å². The molecule has 0 unspecified atom stereocenters. The first-order chi connectivity index (χ1) is 13.7. The van der Waals surface area contributed by atoms with Crippen LogP contribution in [0.1, 0.15) is 16.8 Å². The van der Waals surface area contributed by atoms with Crippen LogP contribution in [-0.2, 0) is 13.0 Å². The number of hydrogen-bond donors (Lipinski definition) is 2. The van der Waals surface area contributed by atoms with Crippen LogP contribution in [0.5, 0.6) is 0 Å². The summed E-state index contributed by atoms with van der Waals surface area (Å²) in [5.41, 5.74) is 10.4. The van der Waals surface area contributed by atoms with Crippen molar-refractivity contribution in [3.05, 3.63) is 95.6 Å². The summed E-state index contributed by atoms with van der Waals surface area (Å²) in [5.74, 6) is 0.775. The summed E-state index contributed by atoms with van der Waals surface area (Å²) in [5, 5.41) is 7.34. The van der Waals surface area contributed by atoms with E-state index in [0.717, 1.165) is 28.1 Å². The Kier molecular flexibility index (Phi) is 5.01. The lowest BCUT2D eigenvalue weighted by Gasteiger charge is -2.07. The summed E-state index contributed by atoms with van der Waals surface area (Å²) in [7, 11) is 0. The molecule has 4 rings (SSSR count). The Labute approximate surface area is 162 Å². The van der Waals surface area contributed by atoms with Gasteiger partial charge in [-0.3, -0.25) is 0 Å². The number of benzene rings is 2. The molecular formula is C22H19FN4O. The topological polar surface area (TPSA) is 77.0 Å². The maximum absolute atomic E-state index is 13.2. The van der Waals surface area contributed by atoms with Crippen molar-refractivity contribution in [2.45, 2.75) is 13.0 Å². The normalized spacial score (nSPS) is 10.8. The van der Waals surface area contributed by atoms with Gasteiger partial charge in [0.15, 0.2) is 5.76 Å². The van der Waals surface area contributed by atoms with Gasteiger partial charge in [0.2, 0.25) is 0 Å². The van der Waals surface area contributed by atoms with E-state index in [1.807, 2.05) is 36.4 Å². The Bertz CT molecular complexity index is 1080. The molecule has 2 heterocycles. The highest BCUT2D eigenvalue weighted by Gasteiger charge is 2.10. The standard InChI is InChI=1S/C22H19FN4O/c23-17-3-1-4-18(12-17)26-14-16-8-6-15(7-9-16)11-19-13-21(28-27-19)20-5-2-10-25-22(20)24/h1-10,12-13,26H,11,14H2,(H2,24,25). The molecule has 0 bridgehead atoms. The van der Waals surface area contributed by atoms with Crippen molar-refractivity contribution in [3.8, 4) is 11.3 Å².